The van der Waals surface area contributed by atoms with E-state index in [-0.39, 0.29) is 6.61 Å². The summed E-state index contributed by atoms with van der Waals surface area (Å²) in [5.41, 5.74) is 5.63. The molecular formula is C10H12ClF4NOS. The van der Waals surface area contributed by atoms with Crippen molar-refractivity contribution >= 4 is 22.9 Å². The van der Waals surface area contributed by atoms with Crippen molar-refractivity contribution in [3.05, 3.63) is 21.3 Å². The van der Waals surface area contributed by atoms with Gasteiger partial charge in [0.25, 0.3) is 0 Å². The zero-order valence-corrected chi connectivity index (χ0v) is 10.8. The lowest BCUT2D eigenvalue weighted by Crippen LogP contribution is -2.36. The summed E-state index contributed by atoms with van der Waals surface area (Å²) >= 11 is 7.03. The van der Waals surface area contributed by atoms with Crippen LogP contribution in [0.3, 0.4) is 0 Å². The normalized spacial score (nSPS) is 14.2. The molecule has 0 bridgehead atoms. The quantitative estimate of drug-likeness (QED) is 0.785. The molecule has 104 valence electrons. The van der Waals surface area contributed by atoms with Gasteiger partial charge in [-0.1, -0.05) is 11.6 Å². The van der Waals surface area contributed by atoms with Crippen molar-refractivity contribution < 1.29 is 22.3 Å². The van der Waals surface area contributed by atoms with E-state index in [0.717, 1.165) is 4.88 Å². The largest absolute Gasteiger partial charge is 0.373 e. The van der Waals surface area contributed by atoms with E-state index < -0.39 is 25.0 Å². The Hall–Kier alpha value is -0.370. The van der Waals surface area contributed by atoms with Gasteiger partial charge in [0.05, 0.1) is 10.9 Å². The predicted octanol–water partition coefficient (Wildman–Crippen LogP) is 3.19. The van der Waals surface area contributed by atoms with Crippen molar-refractivity contribution in [3.8, 4) is 0 Å². The van der Waals surface area contributed by atoms with Crippen molar-refractivity contribution in [2.24, 2.45) is 5.73 Å². The number of ether oxygens (including phenoxy) is 1. The van der Waals surface area contributed by atoms with Crippen LogP contribution in [0.15, 0.2) is 12.1 Å². The lowest BCUT2D eigenvalue weighted by Gasteiger charge is -2.17. The Morgan fingerprint density at radius 2 is 2.06 bits per heavy atom. The molecule has 1 atom stereocenters. The van der Waals surface area contributed by atoms with E-state index in [1.807, 2.05) is 0 Å². The molecule has 0 saturated carbocycles. The zero-order valence-electron chi connectivity index (χ0n) is 9.21. The highest BCUT2D eigenvalue weighted by Crippen LogP contribution is 2.24. The second-order valence-electron chi connectivity index (χ2n) is 3.75. The summed E-state index contributed by atoms with van der Waals surface area (Å²) in [5, 5.41) is 0. The first kappa shape index (κ1) is 15.7. The van der Waals surface area contributed by atoms with E-state index >= 15 is 0 Å². The van der Waals surface area contributed by atoms with E-state index in [2.05, 4.69) is 4.74 Å². The van der Waals surface area contributed by atoms with E-state index in [0.29, 0.717) is 10.8 Å². The van der Waals surface area contributed by atoms with Gasteiger partial charge in [-0.05, 0) is 18.6 Å². The lowest BCUT2D eigenvalue weighted by molar-refractivity contribution is -0.166. The molecule has 0 aliphatic rings. The molecule has 1 aromatic heterocycles. The Morgan fingerprint density at radius 3 is 2.56 bits per heavy atom. The van der Waals surface area contributed by atoms with Gasteiger partial charge in [0, 0.05) is 10.9 Å². The van der Waals surface area contributed by atoms with Crippen molar-refractivity contribution in [1.82, 2.24) is 0 Å². The van der Waals surface area contributed by atoms with Crippen LogP contribution in [-0.2, 0) is 11.2 Å². The highest BCUT2D eigenvalue weighted by Gasteiger charge is 2.41. The Labute approximate surface area is 111 Å². The summed E-state index contributed by atoms with van der Waals surface area (Å²) in [7, 11) is 0. The van der Waals surface area contributed by atoms with Crippen molar-refractivity contribution in [1.29, 1.82) is 0 Å². The van der Waals surface area contributed by atoms with Gasteiger partial charge in [-0.25, -0.2) is 8.78 Å². The van der Waals surface area contributed by atoms with Crippen LogP contribution < -0.4 is 5.73 Å². The number of alkyl halides is 4. The van der Waals surface area contributed by atoms with Gasteiger partial charge >= 0.3 is 12.3 Å². The fourth-order valence-electron chi connectivity index (χ4n) is 1.19. The maximum Gasteiger partial charge on any atom is 0.330 e. The summed E-state index contributed by atoms with van der Waals surface area (Å²) in [6.45, 7) is -1.54. The monoisotopic (exact) mass is 305 g/mol. The summed E-state index contributed by atoms with van der Waals surface area (Å²) < 4.78 is 53.7. The first-order valence-corrected chi connectivity index (χ1v) is 6.24. The average molecular weight is 306 g/mol. The molecule has 8 heteroatoms. The standard InChI is InChI=1S/C10H12ClF4NOS/c11-8-2-1-7(18-8)3-6(16)4-17-5-10(14,15)9(12)13/h1-2,6,9H,3-5,16H2. The molecule has 2 N–H and O–H groups in total. The molecule has 18 heavy (non-hydrogen) atoms. The van der Waals surface area contributed by atoms with E-state index in [9.17, 15) is 17.6 Å². The van der Waals surface area contributed by atoms with E-state index in [1.165, 1.54) is 11.3 Å². The average Bonchev–Trinajstić information content (AvgIpc) is 2.63. The van der Waals surface area contributed by atoms with Crippen LogP contribution in [0, 0.1) is 0 Å². The Kier molecular flexibility index (Phi) is 5.84. The minimum absolute atomic E-state index is 0.210. The minimum Gasteiger partial charge on any atom is -0.373 e. The van der Waals surface area contributed by atoms with Crippen LogP contribution in [0.5, 0.6) is 0 Å². The molecule has 0 saturated heterocycles. The molecule has 0 spiro atoms. The van der Waals surface area contributed by atoms with Crippen LogP contribution in [0.2, 0.25) is 4.34 Å². The molecule has 0 amide bonds. The molecule has 0 aromatic carbocycles. The summed E-state index contributed by atoms with van der Waals surface area (Å²) in [4.78, 5) is 0.886. The van der Waals surface area contributed by atoms with Gasteiger partial charge in [0.1, 0.15) is 6.61 Å². The summed E-state index contributed by atoms with van der Waals surface area (Å²) in [6.07, 6.45) is -3.33. The molecule has 1 unspecified atom stereocenters. The van der Waals surface area contributed by atoms with Crippen molar-refractivity contribution in [3.63, 3.8) is 0 Å². The molecule has 2 nitrogen and oxygen atoms in total. The van der Waals surface area contributed by atoms with Gasteiger partial charge in [-0.2, -0.15) is 8.78 Å². The highest BCUT2D eigenvalue weighted by atomic mass is 35.5. The third-order valence-corrected chi connectivity index (χ3v) is 3.29. The smallest absolute Gasteiger partial charge is 0.330 e. The number of thiophene rings is 1. The van der Waals surface area contributed by atoms with Gasteiger partial charge in [0.15, 0.2) is 0 Å². The Bertz CT molecular complexity index is 375. The first-order chi connectivity index (χ1) is 8.31. The highest BCUT2D eigenvalue weighted by molar-refractivity contribution is 7.16. The topological polar surface area (TPSA) is 35.2 Å². The second kappa shape index (κ2) is 6.70. The third kappa shape index (κ3) is 5.09. The minimum atomic E-state index is -4.13. The predicted molar refractivity (Wildman–Crippen MR) is 62.8 cm³/mol. The Balaban J connectivity index is 2.27. The molecule has 0 radical (unpaired) electrons. The molecule has 1 rings (SSSR count). The van der Waals surface area contributed by atoms with Gasteiger partial charge < -0.3 is 10.5 Å². The number of rotatable bonds is 7. The number of nitrogens with two attached hydrogens (primary N) is 1. The van der Waals surface area contributed by atoms with Gasteiger partial charge in [-0.15, -0.1) is 11.3 Å². The maximum absolute atomic E-state index is 12.5. The van der Waals surface area contributed by atoms with E-state index in [4.69, 9.17) is 17.3 Å². The van der Waals surface area contributed by atoms with Crippen molar-refractivity contribution in [2.75, 3.05) is 13.2 Å². The van der Waals surface area contributed by atoms with E-state index in [1.54, 1.807) is 12.1 Å². The molecule has 1 aromatic rings. The third-order valence-electron chi connectivity index (χ3n) is 2.04. The summed E-state index contributed by atoms with van der Waals surface area (Å²) in [6, 6.07) is 2.92. The van der Waals surface area contributed by atoms with Crippen molar-refractivity contribution in [2.45, 2.75) is 24.8 Å². The number of halogens is 5. The van der Waals surface area contributed by atoms with Gasteiger partial charge in [-0.3, -0.25) is 0 Å². The molecule has 0 fully saturated rings. The molecule has 0 aliphatic carbocycles. The Morgan fingerprint density at radius 1 is 1.39 bits per heavy atom. The molecule has 1 heterocycles. The van der Waals surface area contributed by atoms with Crippen LogP contribution in [-0.4, -0.2) is 31.6 Å². The summed E-state index contributed by atoms with van der Waals surface area (Å²) in [5.74, 6) is -4.13. The zero-order chi connectivity index (χ0) is 13.8. The van der Waals surface area contributed by atoms with Crippen LogP contribution >= 0.6 is 22.9 Å². The number of hydrogen-bond donors (Lipinski definition) is 1. The fraction of sp³-hybridized carbons (Fsp3) is 0.600. The van der Waals surface area contributed by atoms with Crippen LogP contribution in [0.1, 0.15) is 4.88 Å². The second-order valence-corrected chi connectivity index (χ2v) is 5.55. The van der Waals surface area contributed by atoms with Gasteiger partial charge in [0.2, 0.25) is 0 Å². The SMILES string of the molecule is NC(COCC(F)(F)C(F)F)Cc1ccc(Cl)s1. The van der Waals surface area contributed by atoms with Crippen LogP contribution in [0.25, 0.3) is 0 Å². The maximum atomic E-state index is 12.5. The molecule has 0 aliphatic heterocycles. The number of hydrogen-bond acceptors (Lipinski definition) is 3. The first-order valence-electron chi connectivity index (χ1n) is 5.05. The fourth-order valence-corrected chi connectivity index (χ4v) is 2.37. The molecular weight excluding hydrogens is 294 g/mol. The lowest BCUT2D eigenvalue weighted by atomic mass is 10.2. The van der Waals surface area contributed by atoms with Crippen LogP contribution in [0.4, 0.5) is 17.6 Å².